The van der Waals surface area contributed by atoms with Crippen LogP contribution in [0, 0.1) is 6.92 Å². The summed E-state index contributed by atoms with van der Waals surface area (Å²) < 4.78 is 37.8. The van der Waals surface area contributed by atoms with Gasteiger partial charge in [-0.15, -0.1) is 0 Å². The molecule has 0 bridgehead atoms. The van der Waals surface area contributed by atoms with E-state index in [4.69, 9.17) is 16.4 Å². The lowest BCUT2D eigenvalue weighted by Crippen LogP contribution is -2.44. The van der Waals surface area contributed by atoms with Crippen molar-refractivity contribution < 1.29 is 22.7 Å². The molecule has 0 saturated heterocycles. The van der Waals surface area contributed by atoms with Gasteiger partial charge in [0.15, 0.2) is 0 Å². The Morgan fingerprint density at radius 1 is 1.43 bits per heavy atom. The van der Waals surface area contributed by atoms with Crippen molar-refractivity contribution in [2.75, 3.05) is 7.11 Å². The molecule has 0 radical (unpaired) electrons. The first-order chi connectivity index (χ1) is 6.36. The minimum absolute atomic E-state index is 0.0154. The highest BCUT2D eigenvalue weighted by Gasteiger charge is 2.35. The summed E-state index contributed by atoms with van der Waals surface area (Å²) >= 11 is 5.60. The Morgan fingerprint density at radius 2 is 2.00 bits per heavy atom. The molecular weight excluding hydrogens is 219 g/mol. The van der Waals surface area contributed by atoms with Gasteiger partial charge in [-0.1, -0.05) is 11.6 Å². The lowest BCUT2D eigenvalue weighted by atomic mass is 10.2. The lowest BCUT2D eigenvalue weighted by Gasteiger charge is -2.05. The van der Waals surface area contributed by atoms with Crippen LogP contribution in [-0.2, 0) is 6.18 Å². The van der Waals surface area contributed by atoms with Crippen LogP contribution in [0.5, 0.6) is 0 Å². The number of pyridine rings is 1. The van der Waals surface area contributed by atoms with Gasteiger partial charge in [0.2, 0.25) is 11.9 Å². The lowest BCUT2D eigenvalue weighted by molar-refractivity contribution is -0.890. The fourth-order valence-electron chi connectivity index (χ4n) is 0.951. The Bertz CT molecular complexity index is 351. The summed E-state index contributed by atoms with van der Waals surface area (Å²) in [5.74, 6) is 0. The van der Waals surface area contributed by atoms with Crippen LogP contribution in [0.4, 0.5) is 13.2 Å². The number of nitrogens with zero attached hydrogens (tertiary/aromatic N) is 1. The van der Waals surface area contributed by atoms with E-state index in [-0.39, 0.29) is 5.02 Å². The Kier molecular flexibility index (Phi) is 2.89. The van der Waals surface area contributed by atoms with Crippen LogP contribution in [0.25, 0.3) is 0 Å². The Balaban J connectivity index is 3.30. The number of rotatable bonds is 1. The fourth-order valence-corrected chi connectivity index (χ4v) is 1.15. The number of aromatic nitrogens is 1. The van der Waals surface area contributed by atoms with Gasteiger partial charge in [-0.2, -0.15) is 13.2 Å². The Morgan fingerprint density at radius 3 is 2.43 bits per heavy atom. The number of hydrogen-bond donors (Lipinski definition) is 0. The van der Waals surface area contributed by atoms with Crippen LogP contribution in [-0.4, -0.2) is 7.11 Å². The van der Waals surface area contributed by atoms with Crippen LogP contribution in [0.15, 0.2) is 12.3 Å². The van der Waals surface area contributed by atoms with E-state index in [1.807, 2.05) is 0 Å². The average Bonchev–Trinajstić information content (AvgIpc) is 2.07. The Labute approximate surface area is 83.8 Å². The average molecular weight is 227 g/mol. The van der Waals surface area contributed by atoms with Crippen LogP contribution >= 0.6 is 11.6 Å². The maximum absolute atomic E-state index is 12.3. The summed E-state index contributed by atoms with van der Waals surface area (Å²) in [7, 11) is 1.27. The highest BCUT2D eigenvalue weighted by Crippen LogP contribution is 2.30. The highest BCUT2D eigenvalue weighted by atomic mass is 35.5. The van der Waals surface area contributed by atoms with E-state index in [1.165, 1.54) is 7.11 Å². The molecule has 0 aliphatic rings. The first-order valence-electron chi connectivity index (χ1n) is 3.69. The molecule has 14 heavy (non-hydrogen) atoms. The minimum atomic E-state index is -4.42. The molecule has 0 aliphatic heterocycles. The largest absolute Gasteiger partial charge is 0.422 e. The van der Waals surface area contributed by atoms with Gasteiger partial charge in [0.1, 0.15) is 17.7 Å². The van der Waals surface area contributed by atoms with Crippen LogP contribution in [0.1, 0.15) is 11.3 Å². The number of halogens is 4. The van der Waals surface area contributed by atoms with E-state index < -0.39 is 11.7 Å². The van der Waals surface area contributed by atoms with Crippen LogP contribution in [0.3, 0.4) is 0 Å². The van der Waals surface area contributed by atoms with E-state index in [1.54, 1.807) is 6.92 Å². The first-order valence-corrected chi connectivity index (χ1v) is 4.07. The molecule has 0 unspecified atom stereocenters. The zero-order valence-electron chi connectivity index (χ0n) is 7.52. The van der Waals surface area contributed by atoms with Crippen molar-refractivity contribution in [1.29, 1.82) is 0 Å². The smallest absolute Gasteiger partial charge is 0.274 e. The molecule has 6 heteroatoms. The van der Waals surface area contributed by atoms with Crippen molar-refractivity contribution in [1.82, 2.24) is 0 Å². The monoisotopic (exact) mass is 226 g/mol. The molecular formula is C8H8ClF3NO+. The van der Waals surface area contributed by atoms with E-state index in [2.05, 4.69) is 0 Å². The van der Waals surface area contributed by atoms with E-state index in [0.717, 1.165) is 17.0 Å². The Hall–Kier alpha value is -0.970. The highest BCUT2D eigenvalue weighted by molar-refractivity contribution is 6.31. The fraction of sp³-hybridized carbons (Fsp3) is 0.375. The van der Waals surface area contributed by atoms with Crippen molar-refractivity contribution in [3.05, 3.63) is 28.5 Å². The molecule has 0 N–H and O–H groups in total. The molecule has 0 amide bonds. The summed E-state index contributed by atoms with van der Waals surface area (Å²) in [6.07, 6.45) is -3.57. The van der Waals surface area contributed by atoms with Crippen LogP contribution in [0.2, 0.25) is 5.02 Å². The van der Waals surface area contributed by atoms with E-state index in [0.29, 0.717) is 5.69 Å². The number of hydrogen-bond acceptors (Lipinski definition) is 1. The molecule has 2 nitrogen and oxygen atoms in total. The molecule has 0 atom stereocenters. The van der Waals surface area contributed by atoms with Crippen molar-refractivity contribution >= 4 is 11.6 Å². The third kappa shape index (κ3) is 2.09. The molecule has 0 fully saturated rings. The van der Waals surface area contributed by atoms with Crippen LogP contribution < -0.4 is 9.57 Å². The third-order valence-electron chi connectivity index (χ3n) is 1.74. The third-order valence-corrected chi connectivity index (χ3v) is 2.12. The summed E-state index contributed by atoms with van der Waals surface area (Å²) in [5, 5.41) is 0.0154. The van der Waals surface area contributed by atoms with Gasteiger partial charge in [0, 0.05) is 11.7 Å². The summed E-state index contributed by atoms with van der Waals surface area (Å²) in [6.45, 7) is 1.56. The van der Waals surface area contributed by atoms with Gasteiger partial charge in [-0.3, -0.25) is 4.84 Å². The quantitative estimate of drug-likeness (QED) is 0.668. The zero-order valence-corrected chi connectivity index (χ0v) is 8.28. The summed E-state index contributed by atoms with van der Waals surface area (Å²) in [6, 6.07) is 0.867. The maximum Gasteiger partial charge on any atom is 0.422 e. The predicted octanol–water partition coefficient (Wildman–Crippen LogP) is 2.01. The molecule has 0 aromatic carbocycles. The van der Waals surface area contributed by atoms with Crippen molar-refractivity contribution in [2.24, 2.45) is 0 Å². The SMILES string of the molecule is CO[n+]1cc(C(F)(F)F)cc(Cl)c1C. The van der Waals surface area contributed by atoms with Crippen molar-refractivity contribution in [3.8, 4) is 0 Å². The van der Waals surface area contributed by atoms with E-state index >= 15 is 0 Å². The predicted molar refractivity (Wildman–Crippen MR) is 43.9 cm³/mol. The molecule has 1 aromatic heterocycles. The van der Waals surface area contributed by atoms with Crippen molar-refractivity contribution in [3.63, 3.8) is 0 Å². The molecule has 1 heterocycles. The summed E-state index contributed by atoms with van der Waals surface area (Å²) in [5.41, 5.74) is -0.419. The second-order valence-corrected chi connectivity index (χ2v) is 3.08. The van der Waals surface area contributed by atoms with E-state index in [9.17, 15) is 13.2 Å². The molecule has 78 valence electrons. The topological polar surface area (TPSA) is 13.1 Å². The molecule has 1 aromatic rings. The second kappa shape index (κ2) is 3.65. The van der Waals surface area contributed by atoms with Gasteiger partial charge in [-0.25, -0.2) is 0 Å². The van der Waals surface area contributed by atoms with Crippen molar-refractivity contribution in [2.45, 2.75) is 13.1 Å². The second-order valence-electron chi connectivity index (χ2n) is 2.67. The van der Waals surface area contributed by atoms with Gasteiger partial charge in [-0.05, 0) is 6.07 Å². The molecule has 1 rings (SSSR count). The standard InChI is InChI=1S/C8H8ClF3NO/c1-5-7(9)3-6(8(10,11)12)4-13(5)14-2/h3-4H,1-2H3/q+1. The summed E-state index contributed by atoms with van der Waals surface area (Å²) in [4.78, 5) is 4.69. The normalized spacial score (nSPS) is 11.6. The minimum Gasteiger partial charge on any atom is -0.274 e. The number of alkyl halides is 3. The first kappa shape index (κ1) is 11.1. The zero-order chi connectivity index (χ0) is 10.9. The maximum atomic E-state index is 12.3. The van der Waals surface area contributed by atoms with Gasteiger partial charge < -0.3 is 0 Å². The molecule has 0 saturated carbocycles. The van der Waals surface area contributed by atoms with Gasteiger partial charge >= 0.3 is 6.18 Å². The molecule has 0 spiro atoms. The molecule has 0 aliphatic carbocycles. The van der Waals surface area contributed by atoms with Gasteiger partial charge in [0.25, 0.3) is 0 Å². The van der Waals surface area contributed by atoms with Gasteiger partial charge in [0.05, 0.1) is 0 Å².